The lowest BCUT2D eigenvalue weighted by Crippen LogP contribution is -2.05. The van der Waals surface area contributed by atoms with Crippen molar-refractivity contribution < 1.29 is 9.13 Å². The van der Waals surface area contributed by atoms with Gasteiger partial charge in [0, 0.05) is 26.5 Å². The fourth-order valence-electron chi connectivity index (χ4n) is 1.74. The molecule has 0 saturated heterocycles. The molecule has 5 heteroatoms. The number of anilines is 1. The number of hydrogen-bond donors (Lipinski definition) is 1. The quantitative estimate of drug-likeness (QED) is 0.803. The van der Waals surface area contributed by atoms with Crippen molar-refractivity contribution in [2.75, 3.05) is 11.9 Å². The average molecular weight is 344 g/mol. The van der Waals surface area contributed by atoms with Crippen LogP contribution in [0, 0.1) is 5.82 Å². The molecule has 0 aliphatic heterocycles. The van der Waals surface area contributed by atoms with E-state index in [9.17, 15) is 4.39 Å². The van der Waals surface area contributed by atoms with Gasteiger partial charge in [0.1, 0.15) is 0 Å². The van der Waals surface area contributed by atoms with E-state index in [0.717, 1.165) is 10.2 Å². The summed E-state index contributed by atoms with van der Waals surface area (Å²) >= 11 is 5.09. The van der Waals surface area contributed by atoms with E-state index in [1.54, 1.807) is 17.4 Å². The summed E-state index contributed by atoms with van der Waals surface area (Å²) in [6.07, 6.45) is 0. The molecule has 1 unspecified atom stereocenters. The summed E-state index contributed by atoms with van der Waals surface area (Å²) in [6.45, 7) is 4.35. The molecule has 0 fully saturated rings. The number of benzene rings is 1. The van der Waals surface area contributed by atoms with E-state index in [1.807, 2.05) is 25.3 Å². The molecule has 1 N–H and O–H groups in total. The Morgan fingerprint density at radius 2 is 2.21 bits per heavy atom. The SMILES string of the molecule is CCOc1ccc(NC(C)c2cc(Br)cs2)cc1F. The maximum absolute atomic E-state index is 13.7. The van der Waals surface area contributed by atoms with Crippen LogP contribution < -0.4 is 10.1 Å². The number of ether oxygens (including phenoxy) is 1. The van der Waals surface area contributed by atoms with Crippen LogP contribution in [0.5, 0.6) is 5.75 Å². The van der Waals surface area contributed by atoms with Crippen LogP contribution >= 0.6 is 27.3 Å². The van der Waals surface area contributed by atoms with Crippen molar-refractivity contribution in [1.29, 1.82) is 0 Å². The Hall–Kier alpha value is -1.07. The maximum atomic E-state index is 13.7. The van der Waals surface area contributed by atoms with Gasteiger partial charge in [0.15, 0.2) is 11.6 Å². The van der Waals surface area contributed by atoms with E-state index in [-0.39, 0.29) is 11.9 Å². The molecular weight excluding hydrogens is 329 g/mol. The first-order valence-electron chi connectivity index (χ1n) is 6.03. The Morgan fingerprint density at radius 1 is 1.42 bits per heavy atom. The minimum atomic E-state index is -0.341. The number of nitrogens with one attached hydrogen (secondary N) is 1. The number of hydrogen-bond acceptors (Lipinski definition) is 3. The lowest BCUT2D eigenvalue weighted by molar-refractivity contribution is 0.321. The topological polar surface area (TPSA) is 21.3 Å². The van der Waals surface area contributed by atoms with Gasteiger partial charge in [0.2, 0.25) is 0 Å². The van der Waals surface area contributed by atoms with Gasteiger partial charge in [0.05, 0.1) is 12.6 Å². The lowest BCUT2D eigenvalue weighted by atomic mass is 10.2. The van der Waals surface area contributed by atoms with Gasteiger partial charge in [-0.15, -0.1) is 11.3 Å². The zero-order chi connectivity index (χ0) is 13.8. The minimum absolute atomic E-state index is 0.133. The fourth-order valence-corrected chi connectivity index (χ4v) is 3.19. The Bertz CT molecular complexity index is 558. The third-order valence-corrected chi connectivity index (χ3v) is 4.51. The van der Waals surface area contributed by atoms with E-state index < -0.39 is 0 Å². The highest BCUT2D eigenvalue weighted by atomic mass is 79.9. The summed E-state index contributed by atoms with van der Waals surface area (Å²) in [4.78, 5) is 1.20. The van der Waals surface area contributed by atoms with Crippen LogP contribution in [0.3, 0.4) is 0 Å². The molecule has 0 saturated carbocycles. The largest absolute Gasteiger partial charge is 0.491 e. The molecule has 0 radical (unpaired) electrons. The van der Waals surface area contributed by atoms with Crippen LogP contribution in [0.2, 0.25) is 0 Å². The summed E-state index contributed by atoms with van der Waals surface area (Å²) < 4.78 is 20.0. The Morgan fingerprint density at radius 3 is 2.79 bits per heavy atom. The molecule has 0 aliphatic rings. The fraction of sp³-hybridized carbons (Fsp3) is 0.286. The van der Waals surface area contributed by atoms with Gasteiger partial charge in [-0.1, -0.05) is 0 Å². The van der Waals surface area contributed by atoms with E-state index >= 15 is 0 Å². The second-order valence-electron chi connectivity index (χ2n) is 4.11. The second-order valence-corrected chi connectivity index (χ2v) is 5.97. The van der Waals surface area contributed by atoms with E-state index in [2.05, 4.69) is 27.3 Å². The van der Waals surface area contributed by atoms with Gasteiger partial charge in [-0.05, 0) is 48.0 Å². The zero-order valence-corrected chi connectivity index (χ0v) is 13.1. The van der Waals surface area contributed by atoms with Gasteiger partial charge >= 0.3 is 0 Å². The molecule has 1 aromatic heterocycles. The number of halogens is 2. The molecule has 2 aromatic rings. The van der Waals surface area contributed by atoms with Gasteiger partial charge in [-0.25, -0.2) is 4.39 Å². The predicted octanol–water partition coefficient (Wildman–Crippen LogP) is 5.22. The van der Waals surface area contributed by atoms with Gasteiger partial charge in [-0.3, -0.25) is 0 Å². The monoisotopic (exact) mass is 343 g/mol. The highest BCUT2D eigenvalue weighted by molar-refractivity contribution is 9.10. The van der Waals surface area contributed by atoms with Crippen molar-refractivity contribution in [3.63, 3.8) is 0 Å². The van der Waals surface area contributed by atoms with Crippen LogP contribution in [0.4, 0.5) is 10.1 Å². The maximum Gasteiger partial charge on any atom is 0.167 e. The molecule has 0 bridgehead atoms. The van der Waals surface area contributed by atoms with Crippen molar-refractivity contribution >= 4 is 33.0 Å². The van der Waals surface area contributed by atoms with Gasteiger partial charge in [0.25, 0.3) is 0 Å². The average Bonchev–Trinajstić information content (AvgIpc) is 2.80. The number of thiophene rings is 1. The van der Waals surface area contributed by atoms with Gasteiger partial charge in [-0.2, -0.15) is 0 Å². The van der Waals surface area contributed by atoms with E-state index in [0.29, 0.717) is 12.4 Å². The molecule has 0 spiro atoms. The molecule has 19 heavy (non-hydrogen) atoms. The highest BCUT2D eigenvalue weighted by Crippen LogP contribution is 2.29. The molecule has 1 heterocycles. The van der Waals surface area contributed by atoms with Crippen LogP contribution in [-0.2, 0) is 0 Å². The molecule has 1 atom stereocenters. The second kappa shape index (κ2) is 6.39. The van der Waals surface area contributed by atoms with Crippen molar-refractivity contribution in [2.24, 2.45) is 0 Å². The smallest absolute Gasteiger partial charge is 0.167 e. The first kappa shape index (κ1) is 14.3. The standard InChI is InChI=1S/C14H15BrFNOS/c1-3-18-13-5-4-11(7-12(13)16)17-9(2)14-6-10(15)8-19-14/h4-9,17H,3H2,1-2H3. The normalized spacial score (nSPS) is 12.2. The van der Waals surface area contributed by atoms with Crippen LogP contribution in [0.25, 0.3) is 0 Å². The van der Waals surface area contributed by atoms with E-state index in [4.69, 9.17) is 4.74 Å². The van der Waals surface area contributed by atoms with Crippen molar-refractivity contribution in [3.8, 4) is 5.75 Å². The first-order valence-corrected chi connectivity index (χ1v) is 7.70. The minimum Gasteiger partial charge on any atom is -0.491 e. The molecule has 1 aromatic carbocycles. The molecule has 2 rings (SSSR count). The summed E-state index contributed by atoms with van der Waals surface area (Å²) in [5.74, 6) is -0.0500. The van der Waals surface area contributed by atoms with Crippen molar-refractivity contribution in [1.82, 2.24) is 0 Å². The van der Waals surface area contributed by atoms with Crippen molar-refractivity contribution in [3.05, 3.63) is 44.8 Å². The van der Waals surface area contributed by atoms with Crippen LogP contribution in [0.15, 0.2) is 34.1 Å². The number of rotatable bonds is 5. The van der Waals surface area contributed by atoms with Crippen LogP contribution in [-0.4, -0.2) is 6.61 Å². The molecule has 0 amide bonds. The summed E-state index contributed by atoms with van der Waals surface area (Å²) in [7, 11) is 0. The van der Waals surface area contributed by atoms with Crippen molar-refractivity contribution in [2.45, 2.75) is 19.9 Å². The van der Waals surface area contributed by atoms with E-state index in [1.165, 1.54) is 10.9 Å². The Labute approximate surface area is 124 Å². The predicted molar refractivity (Wildman–Crippen MR) is 81.6 cm³/mol. The lowest BCUT2D eigenvalue weighted by Gasteiger charge is -2.14. The first-order chi connectivity index (χ1) is 9.10. The molecule has 0 aliphatic carbocycles. The highest BCUT2D eigenvalue weighted by Gasteiger charge is 2.10. The van der Waals surface area contributed by atoms with Crippen LogP contribution in [0.1, 0.15) is 24.8 Å². The summed E-state index contributed by atoms with van der Waals surface area (Å²) in [5.41, 5.74) is 0.748. The zero-order valence-electron chi connectivity index (χ0n) is 10.7. The summed E-state index contributed by atoms with van der Waals surface area (Å²) in [5, 5.41) is 5.31. The Balaban J connectivity index is 2.09. The Kier molecular flexibility index (Phi) is 4.82. The third kappa shape index (κ3) is 3.70. The molecular formula is C14H15BrFNOS. The third-order valence-electron chi connectivity index (χ3n) is 2.63. The summed E-state index contributed by atoms with van der Waals surface area (Å²) in [6, 6.07) is 7.14. The molecule has 102 valence electrons. The molecule has 2 nitrogen and oxygen atoms in total. The van der Waals surface area contributed by atoms with Gasteiger partial charge < -0.3 is 10.1 Å².